The van der Waals surface area contributed by atoms with Crippen LogP contribution in [0.25, 0.3) is 0 Å². The number of aromatic nitrogens is 2. The summed E-state index contributed by atoms with van der Waals surface area (Å²) in [6, 6.07) is 2.52. The zero-order valence-electron chi connectivity index (χ0n) is 23.9. The number of hydroxylamine groups is 2. The molecule has 1 aromatic carbocycles. The molecule has 228 valence electrons. The minimum atomic E-state index is -1.90. The first kappa shape index (κ1) is 28.4. The normalized spacial score (nSPS) is 30.3. The first-order chi connectivity index (χ1) is 20.3. The second-order valence-electron chi connectivity index (χ2n) is 12.0. The monoisotopic (exact) mass is 594 g/mol. The number of para-hydroxylation sites is 1. The molecule has 16 heteroatoms. The van der Waals surface area contributed by atoms with Crippen LogP contribution in [-0.2, 0) is 5.41 Å². The molecule has 1 saturated heterocycles. The van der Waals surface area contributed by atoms with Gasteiger partial charge in [-0.05, 0) is 24.8 Å². The first-order valence-electron chi connectivity index (χ1n) is 13.8. The number of nitrogens with one attached hydrogen (secondary N) is 3. The summed E-state index contributed by atoms with van der Waals surface area (Å²) in [7, 11) is 0. The maximum atomic E-state index is 13.7. The van der Waals surface area contributed by atoms with Crippen LogP contribution in [0.3, 0.4) is 0 Å². The highest BCUT2D eigenvalue weighted by molar-refractivity contribution is 5.98. The fourth-order valence-corrected chi connectivity index (χ4v) is 6.62. The number of aromatic amines is 1. The van der Waals surface area contributed by atoms with Gasteiger partial charge in [0.1, 0.15) is 23.1 Å². The lowest BCUT2D eigenvalue weighted by Crippen LogP contribution is -2.77. The number of guanidine groups is 2. The number of carbonyl (C=O) groups excluding carboxylic acids is 2. The fourth-order valence-electron chi connectivity index (χ4n) is 6.62. The van der Waals surface area contributed by atoms with Crippen LogP contribution in [-0.4, -0.2) is 103 Å². The highest BCUT2D eigenvalue weighted by atomic mass is 16.5. The van der Waals surface area contributed by atoms with Crippen molar-refractivity contribution in [3.63, 3.8) is 0 Å². The fraction of sp³-hybridized carbons (Fsp3) is 0.481. The third-order valence-electron chi connectivity index (χ3n) is 9.01. The minimum absolute atomic E-state index is 0.0342. The van der Waals surface area contributed by atoms with Gasteiger partial charge in [0.25, 0.3) is 17.4 Å². The van der Waals surface area contributed by atoms with Gasteiger partial charge in [0.15, 0.2) is 11.6 Å². The number of nitrogens with zero attached hydrogens (tertiary/aromatic N) is 5. The number of benzene rings is 1. The maximum Gasteiger partial charge on any atom is 0.271 e. The number of aliphatic hydroxyl groups is 1. The third-order valence-corrected chi connectivity index (χ3v) is 9.01. The summed E-state index contributed by atoms with van der Waals surface area (Å²) in [6.07, 6.45) is 2.95. The van der Waals surface area contributed by atoms with Crippen LogP contribution >= 0.6 is 0 Å². The molecule has 2 aromatic rings. The summed E-state index contributed by atoms with van der Waals surface area (Å²) in [4.78, 5) is 54.3. The zero-order chi connectivity index (χ0) is 30.9. The van der Waals surface area contributed by atoms with Crippen molar-refractivity contribution < 1.29 is 24.6 Å². The lowest BCUT2D eigenvalue weighted by Gasteiger charge is -2.52. The Kier molecular flexibility index (Phi) is 6.39. The van der Waals surface area contributed by atoms with E-state index in [4.69, 9.17) is 16.2 Å². The van der Waals surface area contributed by atoms with Crippen LogP contribution in [0.15, 0.2) is 45.4 Å². The predicted molar refractivity (Wildman–Crippen MR) is 153 cm³/mol. The minimum Gasteiger partial charge on any atom is -0.492 e. The molecule has 16 nitrogen and oxygen atoms in total. The highest BCUT2D eigenvalue weighted by Crippen LogP contribution is 2.50. The number of H-pyrrole nitrogens is 1. The van der Waals surface area contributed by atoms with E-state index in [1.165, 1.54) is 18.0 Å². The number of amides is 2. The van der Waals surface area contributed by atoms with Gasteiger partial charge in [-0.1, -0.05) is 26.0 Å². The van der Waals surface area contributed by atoms with E-state index in [2.05, 4.69) is 44.4 Å². The molecule has 3 unspecified atom stereocenters. The summed E-state index contributed by atoms with van der Waals surface area (Å²) in [5.74, 6) is -0.929. The van der Waals surface area contributed by atoms with Gasteiger partial charge in [0, 0.05) is 24.8 Å². The van der Waals surface area contributed by atoms with Gasteiger partial charge >= 0.3 is 0 Å². The van der Waals surface area contributed by atoms with Gasteiger partial charge in [-0.2, -0.15) is 5.06 Å². The standard InChI is InChI=1S/C27H34N10O6/c1-25(2)7-8-43-19-13(5-4-6-14(19)25)21(39)34-17-12-36-23(28)33-15(9-32-22(40)16-10-31-18(38)11-30-16)20-27(36,26(17,3)41)37(42)24(29)35-20/h4-6,10-11,15,17,20,41-42H,7-9,12H2,1-3H3,(H2,28,33)(H2,29,35)(H,31,38)(H,32,40)(H,34,39)/t15?,17-,20?,26-,27?/m0/s1. The molecule has 5 atom stereocenters. The molecule has 9 N–H and O–H groups in total. The summed E-state index contributed by atoms with van der Waals surface area (Å²) in [5.41, 5.74) is 9.36. The molecular formula is C27H34N10O6. The molecule has 0 saturated carbocycles. The number of aliphatic imine (C=N–C) groups is 2. The van der Waals surface area contributed by atoms with Gasteiger partial charge in [-0.25, -0.2) is 15.0 Å². The quantitative estimate of drug-likeness (QED) is 0.204. The van der Waals surface area contributed by atoms with Gasteiger partial charge in [-0.3, -0.25) is 19.6 Å². The molecule has 1 spiro atoms. The molecule has 4 aliphatic heterocycles. The van der Waals surface area contributed by atoms with Crippen molar-refractivity contribution in [1.82, 2.24) is 30.6 Å². The van der Waals surface area contributed by atoms with Crippen LogP contribution in [0.5, 0.6) is 5.75 Å². The summed E-state index contributed by atoms with van der Waals surface area (Å²) >= 11 is 0. The second kappa shape index (κ2) is 9.67. The van der Waals surface area contributed by atoms with Crippen molar-refractivity contribution >= 4 is 23.7 Å². The van der Waals surface area contributed by atoms with E-state index in [9.17, 15) is 24.7 Å². The van der Waals surface area contributed by atoms with Crippen LogP contribution < -0.4 is 32.4 Å². The van der Waals surface area contributed by atoms with Gasteiger partial charge < -0.3 is 41.8 Å². The second-order valence-corrected chi connectivity index (χ2v) is 12.0. The van der Waals surface area contributed by atoms with E-state index < -0.39 is 46.8 Å². The Morgan fingerprint density at radius 2 is 1.95 bits per heavy atom. The number of rotatable bonds is 5. The predicted octanol–water partition coefficient (Wildman–Crippen LogP) is -1.79. The van der Waals surface area contributed by atoms with E-state index in [0.717, 1.165) is 18.2 Å². The molecule has 1 fully saturated rings. The Bertz CT molecular complexity index is 1600. The molecule has 6 rings (SSSR count). The van der Waals surface area contributed by atoms with Crippen LogP contribution in [0.1, 0.15) is 53.6 Å². The average molecular weight is 595 g/mol. The molecule has 2 amide bonds. The zero-order valence-corrected chi connectivity index (χ0v) is 23.9. The van der Waals surface area contributed by atoms with Gasteiger partial charge in [0.2, 0.25) is 5.96 Å². The lowest BCUT2D eigenvalue weighted by molar-refractivity contribution is -0.218. The highest BCUT2D eigenvalue weighted by Gasteiger charge is 2.74. The van der Waals surface area contributed by atoms with Crippen molar-refractivity contribution in [3.05, 3.63) is 57.8 Å². The smallest absolute Gasteiger partial charge is 0.271 e. The first-order valence-corrected chi connectivity index (χ1v) is 13.8. The number of nitrogens with two attached hydrogens (primary N) is 2. The Morgan fingerprint density at radius 3 is 2.67 bits per heavy atom. The van der Waals surface area contributed by atoms with Crippen molar-refractivity contribution in [1.29, 1.82) is 0 Å². The number of carbonyl (C=O) groups is 2. The molecule has 5 heterocycles. The molecule has 0 aliphatic carbocycles. The number of hydrogen-bond donors (Lipinski definition) is 7. The number of hydrogen-bond acceptors (Lipinski definition) is 13. The van der Waals surface area contributed by atoms with E-state index in [-0.39, 0.29) is 36.1 Å². The largest absolute Gasteiger partial charge is 0.492 e. The Morgan fingerprint density at radius 1 is 1.19 bits per heavy atom. The van der Waals surface area contributed by atoms with Crippen LogP contribution in [0.4, 0.5) is 0 Å². The topological polar surface area (TPSA) is 237 Å². The van der Waals surface area contributed by atoms with Crippen molar-refractivity contribution in [2.24, 2.45) is 21.5 Å². The molecular weight excluding hydrogens is 560 g/mol. The van der Waals surface area contributed by atoms with Crippen LogP contribution in [0.2, 0.25) is 0 Å². The van der Waals surface area contributed by atoms with E-state index in [0.29, 0.717) is 23.0 Å². The Labute approximate surface area is 245 Å². The maximum absolute atomic E-state index is 13.7. The Balaban J connectivity index is 1.29. The number of fused-ring (bicyclic) bond motifs is 1. The molecule has 43 heavy (non-hydrogen) atoms. The Hall–Kier alpha value is -4.70. The molecule has 0 bridgehead atoms. The average Bonchev–Trinajstić information content (AvgIpc) is 3.37. The van der Waals surface area contributed by atoms with Crippen LogP contribution in [0, 0.1) is 0 Å². The van der Waals surface area contributed by atoms with Gasteiger partial charge in [0.05, 0.1) is 30.5 Å². The van der Waals surface area contributed by atoms with Crippen molar-refractivity contribution in [3.8, 4) is 5.75 Å². The van der Waals surface area contributed by atoms with Gasteiger partial charge in [-0.15, -0.1) is 0 Å². The molecule has 4 aliphatic rings. The summed E-state index contributed by atoms with van der Waals surface area (Å²) < 4.78 is 5.92. The summed E-state index contributed by atoms with van der Waals surface area (Å²) in [5, 5.41) is 29.7. The van der Waals surface area contributed by atoms with E-state index in [1.54, 1.807) is 12.1 Å². The lowest BCUT2D eigenvalue weighted by atomic mass is 9.78. The van der Waals surface area contributed by atoms with Crippen molar-refractivity contribution in [2.45, 2.75) is 62.0 Å². The third kappa shape index (κ3) is 4.11. The van der Waals surface area contributed by atoms with Crippen molar-refractivity contribution in [2.75, 3.05) is 19.7 Å². The SMILES string of the molecule is CC1(C)CCOc2c(C(=O)N[C@H]3CN4C(N)=NC(CNC(=O)c5c[nH]c(=O)cn5)C5N=C(N)N(O)C54[C@@]3(C)O)cccc21. The summed E-state index contributed by atoms with van der Waals surface area (Å²) in [6.45, 7) is 5.94. The molecule has 0 radical (unpaired) electrons. The van der Waals surface area contributed by atoms with E-state index in [1.807, 2.05) is 6.07 Å². The molecule has 1 aromatic heterocycles. The van der Waals surface area contributed by atoms with E-state index >= 15 is 0 Å². The number of ether oxygens (including phenoxy) is 1.